The second-order valence-corrected chi connectivity index (χ2v) is 9.43. The van der Waals surface area contributed by atoms with Gasteiger partial charge >= 0.3 is 0 Å². The molecule has 2 aromatic carbocycles. The third-order valence-electron chi connectivity index (χ3n) is 6.55. The van der Waals surface area contributed by atoms with Crippen molar-refractivity contribution < 1.29 is 9.59 Å². The molecule has 0 atom stereocenters. The van der Waals surface area contributed by atoms with Crippen molar-refractivity contribution in [1.29, 1.82) is 0 Å². The molecule has 0 N–H and O–H groups in total. The molecule has 34 heavy (non-hydrogen) atoms. The van der Waals surface area contributed by atoms with Gasteiger partial charge in [0.2, 0.25) is 11.8 Å². The maximum absolute atomic E-state index is 13.4. The summed E-state index contributed by atoms with van der Waals surface area (Å²) in [6, 6.07) is 13.6. The maximum Gasteiger partial charge on any atom is 0.223 e. The molecule has 4 rings (SSSR count). The van der Waals surface area contributed by atoms with E-state index in [0.29, 0.717) is 37.5 Å². The lowest BCUT2D eigenvalue weighted by atomic mass is 10.1. The SMILES string of the molecule is CC(=O)N1CCCN(C)CCN(C(=O)CCc2nc3cc(Cl)ccc3n2C)Cc2ccccc21. The molecule has 1 aromatic heterocycles. The Hall–Kier alpha value is -2.90. The van der Waals surface area contributed by atoms with E-state index >= 15 is 0 Å². The number of hydrogen-bond donors (Lipinski definition) is 0. The van der Waals surface area contributed by atoms with Gasteiger partial charge in [0.25, 0.3) is 0 Å². The molecule has 2 heterocycles. The van der Waals surface area contributed by atoms with E-state index in [1.807, 2.05) is 63.9 Å². The Morgan fingerprint density at radius 1 is 1.03 bits per heavy atom. The number of amides is 2. The highest BCUT2D eigenvalue weighted by atomic mass is 35.5. The number of benzene rings is 2. The number of aromatic nitrogens is 2. The van der Waals surface area contributed by atoms with Gasteiger partial charge in [0.15, 0.2) is 0 Å². The van der Waals surface area contributed by atoms with Crippen LogP contribution in [0.1, 0.15) is 31.2 Å². The van der Waals surface area contributed by atoms with Crippen molar-refractivity contribution >= 4 is 40.1 Å². The van der Waals surface area contributed by atoms with Gasteiger partial charge in [0.05, 0.1) is 11.0 Å². The predicted octanol–water partition coefficient (Wildman–Crippen LogP) is 3.88. The summed E-state index contributed by atoms with van der Waals surface area (Å²) in [6.45, 7) is 5.05. The molecule has 0 bridgehead atoms. The molecule has 1 aliphatic rings. The average Bonchev–Trinajstić information content (AvgIpc) is 3.10. The first-order chi connectivity index (χ1) is 16.3. The highest BCUT2D eigenvalue weighted by Crippen LogP contribution is 2.24. The monoisotopic (exact) mass is 481 g/mol. The second kappa shape index (κ2) is 10.6. The van der Waals surface area contributed by atoms with Crippen LogP contribution in [-0.4, -0.2) is 64.4 Å². The summed E-state index contributed by atoms with van der Waals surface area (Å²) in [5.74, 6) is 0.972. The number of aryl methyl sites for hydroxylation is 2. The van der Waals surface area contributed by atoms with Crippen LogP contribution in [-0.2, 0) is 29.6 Å². The largest absolute Gasteiger partial charge is 0.337 e. The highest BCUT2D eigenvalue weighted by Gasteiger charge is 2.22. The minimum Gasteiger partial charge on any atom is -0.337 e. The zero-order chi connectivity index (χ0) is 24.2. The van der Waals surface area contributed by atoms with E-state index in [2.05, 4.69) is 11.9 Å². The first-order valence-corrected chi connectivity index (χ1v) is 12.1. The quantitative estimate of drug-likeness (QED) is 0.569. The maximum atomic E-state index is 13.4. The fourth-order valence-corrected chi connectivity index (χ4v) is 4.74. The average molecular weight is 482 g/mol. The van der Waals surface area contributed by atoms with Gasteiger partial charge < -0.3 is 19.3 Å². The lowest BCUT2D eigenvalue weighted by molar-refractivity contribution is -0.132. The topological polar surface area (TPSA) is 61.7 Å². The fraction of sp³-hybridized carbons (Fsp3) is 0.423. The molecule has 0 saturated heterocycles. The Kier molecular flexibility index (Phi) is 7.54. The van der Waals surface area contributed by atoms with Gasteiger partial charge in [-0.15, -0.1) is 0 Å². The molecule has 8 heteroatoms. The van der Waals surface area contributed by atoms with Crippen LogP contribution in [0.25, 0.3) is 11.0 Å². The molecular formula is C26H32ClN5O2. The number of carbonyl (C=O) groups excluding carboxylic acids is 2. The van der Waals surface area contributed by atoms with E-state index in [0.717, 1.165) is 47.6 Å². The molecule has 0 radical (unpaired) electrons. The molecule has 0 unspecified atom stereocenters. The van der Waals surface area contributed by atoms with Gasteiger partial charge in [-0.2, -0.15) is 0 Å². The normalized spacial score (nSPS) is 15.8. The number of carbonyl (C=O) groups is 2. The van der Waals surface area contributed by atoms with Crippen molar-refractivity contribution in [1.82, 2.24) is 19.4 Å². The Labute approximate surface area is 205 Å². The lowest BCUT2D eigenvalue weighted by Crippen LogP contribution is -2.37. The van der Waals surface area contributed by atoms with Crippen molar-refractivity contribution in [3.63, 3.8) is 0 Å². The van der Waals surface area contributed by atoms with E-state index in [9.17, 15) is 9.59 Å². The number of anilines is 1. The van der Waals surface area contributed by atoms with Crippen LogP contribution in [0.5, 0.6) is 0 Å². The van der Waals surface area contributed by atoms with Crippen LogP contribution in [0.2, 0.25) is 5.02 Å². The van der Waals surface area contributed by atoms with Crippen molar-refractivity contribution in [2.45, 2.75) is 32.7 Å². The molecule has 2 amide bonds. The van der Waals surface area contributed by atoms with Crippen LogP contribution >= 0.6 is 11.6 Å². The number of likely N-dealkylation sites (N-methyl/N-ethyl adjacent to an activating group) is 1. The first kappa shape index (κ1) is 24.2. The van der Waals surface area contributed by atoms with Gasteiger partial charge in [-0.3, -0.25) is 9.59 Å². The second-order valence-electron chi connectivity index (χ2n) is 8.99. The van der Waals surface area contributed by atoms with E-state index in [1.54, 1.807) is 6.92 Å². The lowest BCUT2D eigenvalue weighted by Gasteiger charge is -2.27. The van der Waals surface area contributed by atoms with E-state index in [-0.39, 0.29) is 11.8 Å². The number of nitrogens with zero attached hydrogens (tertiary/aromatic N) is 5. The molecular weight excluding hydrogens is 450 g/mol. The number of rotatable bonds is 3. The Balaban J connectivity index is 1.55. The minimum absolute atomic E-state index is 0.0224. The smallest absolute Gasteiger partial charge is 0.223 e. The molecule has 7 nitrogen and oxygen atoms in total. The molecule has 1 aliphatic heterocycles. The van der Waals surface area contributed by atoms with E-state index in [4.69, 9.17) is 16.6 Å². The zero-order valence-corrected chi connectivity index (χ0v) is 20.9. The van der Waals surface area contributed by atoms with Crippen molar-refractivity contribution in [2.75, 3.05) is 38.1 Å². The summed E-state index contributed by atoms with van der Waals surface area (Å²) in [7, 11) is 4.04. The minimum atomic E-state index is 0.0224. The third kappa shape index (κ3) is 5.42. The van der Waals surface area contributed by atoms with Crippen molar-refractivity contribution in [3.8, 4) is 0 Å². The van der Waals surface area contributed by atoms with Gasteiger partial charge in [0, 0.05) is 63.7 Å². The summed E-state index contributed by atoms with van der Waals surface area (Å²) >= 11 is 6.12. The molecule has 0 spiro atoms. The summed E-state index contributed by atoms with van der Waals surface area (Å²) < 4.78 is 2.03. The number of hydrogen-bond acceptors (Lipinski definition) is 4. The zero-order valence-electron chi connectivity index (χ0n) is 20.1. The Morgan fingerprint density at radius 3 is 2.62 bits per heavy atom. The number of para-hydroxylation sites is 1. The predicted molar refractivity (Wildman–Crippen MR) is 136 cm³/mol. The van der Waals surface area contributed by atoms with Gasteiger partial charge in [0.1, 0.15) is 5.82 Å². The Bertz CT molecular complexity index is 1190. The number of imidazole rings is 1. The van der Waals surface area contributed by atoms with Crippen LogP contribution in [0.15, 0.2) is 42.5 Å². The van der Waals surface area contributed by atoms with E-state index < -0.39 is 0 Å². The first-order valence-electron chi connectivity index (χ1n) is 11.8. The van der Waals surface area contributed by atoms with Crippen LogP contribution in [0, 0.1) is 0 Å². The van der Waals surface area contributed by atoms with Gasteiger partial charge in [-0.1, -0.05) is 29.8 Å². The molecule has 0 fully saturated rings. The fourth-order valence-electron chi connectivity index (χ4n) is 4.58. The van der Waals surface area contributed by atoms with E-state index in [1.165, 1.54) is 0 Å². The number of halogens is 1. The third-order valence-corrected chi connectivity index (χ3v) is 6.78. The molecule has 3 aromatic rings. The molecule has 0 aliphatic carbocycles. The Morgan fingerprint density at radius 2 is 1.82 bits per heavy atom. The standard InChI is InChI=1S/C26H32ClN5O2/c1-19(33)32-14-6-13-29(2)15-16-31(18-20-7-4-5-8-23(20)32)26(34)12-11-25-28-22-17-21(27)9-10-24(22)30(25)3/h4-5,7-10,17H,6,11-16,18H2,1-3H3. The van der Waals surface area contributed by atoms with Crippen molar-refractivity contribution in [3.05, 3.63) is 58.9 Å². The molecule has 0 saturated carbocycles. The van der Waals surface area contributed by atoms with Crippen LogP contribution in [0.4, 0.5) is 5.69 Å². The highest BCUT2D eigenvalue weighted by molar-refractivity contribution is 6.31. The van der Waals surface area contributed by atoms with Gasteiger partial charge in [-0.05, 0) is 49.8 Å². The summed E-state index contributed by atoms with van der Waals surface area (Å²) in [5, 5.41) is 0.652. The van der Waals surface area contributed by atoms with Gasteiger partial charge in [-0.25, -0.2) is 4.98 Å². The number of fused-ring (bicyclic) bond motifs is 2. The molecule has 180 valence electrons. The summed E-state index contributed by atoms with van der Waals surface area (Å²) in [6.07, 6.45) is 1.80. The van der Waals surface area contributed by atoms with Crippen molar-refractivity contribution in [2.24, 2.45) is 7.05 Å². The van der Waals surface area contributed by atoms with Crippen LogP contribution < -0.4 is 4.90 Å². The summed E-state index contributed by atoms with van der Waals surface area (Å²) in [4.78, 5) is 36.5. The van der Waals surface area contributed by atoms with Crippen LogP contribution in [0.3, 0.4) is 0 Å². The summed E-state index contributed by atoms with van der Waals surface area (Å²) in [5.41, 5.74) is 3.73.